The molecule has 4 nitrogen and oxygen atoms in total. The Bertz CT molecular complexity index is 821. The average Bonchev–Trinajstić information content (AvgIpc) is 3.35. The van der Waals surface area contributed by atoms with Crippen LogP contribution in [0.3, 0.4) is 0 Å². The van der Waals surface area contributed by atoms with E-state index >= 15 is 0 Å². The topological polar surface area (TPSA) is 32.8 Å². The zero-order chi connectivity index (χ0) is 19.5. The van der Waals surface area contributed by atoms with Crippen molar-refractivity contribution in [1.29, 1.82) is 0 Å². The van der Waals surface area contributed by atoms with E-state index in [1.54, 1.807) is 0 Å². The van der Waals surface area contributed by atoms with Crippen molar-refractivity contribution in [2.75, 3.05) is 11.5 Å². The fourth-order valence-electron chi connectivity index (χ4n) is 4.53. The Morgan fingerprint density at radius 2 is 1.64 bits per heavy atom. The summed E-state index contributed by atoms with van der Waals surface area (Å²) in [5.74, 6) is -0.191. The van der Waals surface area contributed by atoms with E-state index in [1.165, 1.54) is 12.8 Å². The summed E-state index contributed by atoms with van der Waals surface area (Å²) in [5, 5.41) is 0.727. The van der Waals surface area contributed by atoms with E-state index in [0.29, 0.717) is 12.6 Å². The molecule has 4 rings (SSSR count). The van der Waals surface area contributed by atoms with Crippen molar-refractivity contribution in [1.82, 2.24) is 4.90 Å². The minimum atomic E-state index is -0.432. The molecule has 0 amide bonds. The highest BCUT2D eigenvalue weighted by Gasteiger charge is 2.51. The third-order valence-corrected chi connectivity index (χ3v) is 6.13. The van der Waals surface area contributed by atoms with Crippen LogP contribution < -0.4 is 4.90 Å². The Hall–Kier alpha value is -2.40. The van der Waals surface area contributed by atoms with Gasteiger partial charge in [-0.2, -0.15) is 0 Å². The lowest BCUT2D eigenvalue weighted by atomic mass is 9.97. The van der Waals surface area contributed by atoms with Crippen LogP contribution in [0.5, 0.6) is 0 Å². The molecule has 2 fully saturated rings. The SMILES string of the molecule is CCOC(=O)[C@@H]1[C@@H](c2ccccc2)N(c2ccccc2)C(=S)N1C1CCCC1. The minimum Gasteiger partial charge on any atom is -0.464 e. The Balaban J connectivity index is 1.84. The lowest BCUT2D eigenvalue weighted by molar-refractivity contribution is -0.148. The second-order valence-electron chi connectivity index (χ2n) is 7.39. The van der Waals surface area contributed by atoms with Gasteiger partial charge in [-0.25, -0.2) is 4.79 Å². The predicted molar refractivity (Wildman–Crippen MR) is 115 cm³/mol. The van der Waals surface area contributed by atoms with E-state index in [0.717, 1.165) is 29.2 Å². The molecule has 1 saturated carbocycles. The zero-order valence-corrected chi connectivity index (χ0v) is 17.0. The summed E-state index contributed by atoms with van der Waals surface area (Å²) < 4.78 is 5.53. The number of rotatable bonds is 5. The summed E-state index contributed by atoms with van der Waals surface area (Å²) in [7, 11) is 0. The molecular weight excluding hydrogens is 368 g/mol. The van der Waals surface area contributed by atoms with Crippen LogP contribution in [0, 0.1) is 0 Å². The van der Waals surface area contributed by atoms with E-state index in [4.69, 9.17) is 17.0 Å². The third kappa shape index (κ3) is 3.39. The largest absolute Gasteiger partial charge is 0.464 e. The fourth-order valence-corrected chi connectivity index (χ4v) is 5.01. The molecule has 146 valence electrons. The van der Waals surface area contributed by atoms with Crippen LogP contribution in [0.15, 0.2) is 60.7 Å². The summed E-state index contributed by atoms with van der Waals surface area (Å²) in [6, 6.07) is 20.0. The van der Waals surface area contributed by atoms with E-state index in [1.807, 2.05) is 43.3 Å². The van der Waals surface area contributed by atoms with Crippen LogP contribution in [0.25, 0.3) is 0 Å². The van der Waals surface area contributed by atoms with Gasteiger partial charge in [-0.05, 0) is 49.7 Å². The molecule has 1 saturated heterocycles. The van der Waals surface area contributed by atoms with Gasteiger partial charge in [0.25, 0.3) is 0 Å². The van der Waals surface area contributed by atoms with Gasteiger partial charge in [0.05, 0.1) is 12.6 Å². The van der Waals surface area contributed by atoms with Gasteiger partial charge in [0.15, 0.2) is 11.2 Å². The summed E-state index contributed by atoms with van der Waals surface area (Å²) >= 11 is 5.98. The highest BCUT2D eigenvalue weighted by molar-refractivity contribution is 7.80. The molecule has 0 unspecified atom stereocenters. The molecule has 28 heavy (non-hydrogen) atoms. The number of esters is 1. The van der Waals surface area contributed by atoms with Gasteiger partial charge in [0.2, 0.25) is 0 Å². The molecule has 2 aromatic carbocycles. The van der Waals surface area contributed by atoms with Crippen LogP contribution in [0.1, 0.15) is 44.2 Å². The second kappa shape index (κ2) is 8.31. The standard InChI is InChI=1S/C23H26N2O2S/c1-2-27-22(26)21-20(17-11-5-3-6-12-17)24(18-13-7-4-8-14-18)23(28)25(21)19-15-9-10-16-19/h3-8,11-14,19-21H,2,9-10,15-16H2,1H3/t20-,21+/m1/s1. The molecule has 2 atom stereocenters. The van der Waals surface area contributed by atoms with Crippen molar-refractivity contribution in [3.8, 4) is 0 Å². The van der Waals surface area contributed by atoms with Gasteiger partial charge in [0.1, 0.15) is 0 Å². The van der Waals surface area contributed by atoms with Crippen molar-refractivity contribution in [2.45, 2.75) is 50.7 Å². The number of hydrogen-bond donors (Lipinski definition) is 0. The number of carbonyl (C=O) groups is 1. The van der Waals surface area contributed by atoms with E-state index < -0.39 is 6.04 Å². The first-order chi connectivity index (χ1) is 13.7. The smallest absolute Gasteiger partial charge is 0.331 e. The maximum Gasteiger partial charge on any atom is 0.331 e. The number of para-hydroxylation sites is 1. The fraction of sp³-hybridized carbons (Fsp3) is 0.391. The first-order valence-corrected chi connectivity index (χ1v) is 10.5. The highest BCUT2D eigenvalue weighted by Crippen LogP contribution is 2.43. The molecule has 1 heterocycles. The number of ether oxygens (including phenoxy) is 1. The summed E-state index contributed by atoms with van der Waals surface area (Å²) in [6.45, 7) is 2.23. The van der Waals surface area contributed by atoms with E-state index in [9.17, 15) is 4.79 Å². The molecule has 1 aliphatic heterocycles. The van der Waals surface area contributed by atoms with Crippen LogP contribution in [0.2, 0.25) is 0 Å². The van der Waals surface area contributed by atoms with Gasteiger partial charge in [-0.3, -0.25) is 0 Å². The number of hydrogen-bond acceptors (Lipinski definition) is 3. The van der Waals surface area contributed by atoms with Crippen LogP contribution >= 0.6 is 12.2 Å². The number of nitrogens with zero attached hydrogens (tertiary/aromatic N) is 2. The zero-order valence-electron chi connectivity index (χ0n) is 16.2. The molecule has 2 aromatic rings. The molecule has 0 bridgehead atoms. The normalized spacial score (nSPS) is 22.7. The van der Waals surface area contributed by atoms with Crippen molar-refractivity contribution >= 4 is 29.0 Å². The maximum absolute atomic E-state index is 13.2. The molecule has 0 radical (unpaired) electrons. The number of carbonyl (C=O) groups excluding carboxylic acids is 1. The Morgan fingerprint density at radius 3 is 2.25 bits per heavy atom. The number of benzene rings is 2. The number of thiocarbonyl (C=S) groups is 1. The van der Waals surface area contributed by atoms with Gasteiger partial charge in [-0.1, -0.05) is 61.4 Å². The van der Waals surface area contributed by atoms with Gasteiger partial charge in [-0.15, -0.1) is 0 Å². The Kier molecular flexibility index (Phi) is 5.62. The number of anilines is 1. The Labute approximate surface area is 172 Å². The van der Waals surface area contributed by atoms with Crippen LogP contribution in [0.4, 0.5) is 5.69 Å². The lowest BCUT2D eigenvalue weighted by Crippen LogP contribution is -2.46. The molecule has 0 spiro atoms. The summed E-state index contributed by atoms with van der Waals surface area (Å²) in [4.78, 5) is 17.5. The molecular formula is C23H26N2O2S. The summed E-state index contributed by atoms with van der Waals surface area (Å²) in [5.41, 5.74) is 2.09. The quantitative estimate of drug-likeness (QED) is 0.542. The van der Waals surface area contributed by atoms with Gasteiger partial charge in [0, 0.05) is 11.7 Å². The first-order valence-electron chi connectivity index (χ1n) is 10.1. The molecule has 2 aliphatic rings. The van der Waals surface area contributed by atoms with Crippen molar-refractivity contribution in [2.24, 2.45) is 0 Å². The van der Waals surface area contributed by atoms with Crippen LogP contribution in [-0.4, -0.2) is 34.7 Å². The van der Waals surface area contributed by atoms with Crippen molar-refractivity contribution < 1.29 is 9.53 Å². The monoisotopic (exact) mass is 394 g/mol. The average molecular weight is 395 g/mol. The van der Waals surface area contributed by atoms with Gasteiger partial charge < -0.3 is 14.5 Å². The van der Waals surface area contributed by atoms with Crippen molar-refractivity contribution in [3.05, 3.63) is 66.2 Å². The second-order valence-corrected chi connectivity index (χ2v) is 7.75. The minimum absolute atomic E-state index is 0.191. The van der Waals surface area contributed by atoms with Crippen LogP contribution in [-0.2, 0) is 9.53 Å². The maximum atomic E-state index is 13.2. The molecule has 1 aliphatic carbocycles. The van der Waals surface area contributed by atoms with E-state index in [-0.39, 0.29) is 12.0 Å². The third-order valence-electron chi connectivity index (χ3n) is 5.73. The van der Waals surface area contributed by atoms with Gasteiger partial charge >= 0.3 is 5.97 Å². The predicted octanol–water partition coefficient (Wildman–Crippen LogP) is 4.71. The molecule has 0 aromatic heterocycles. The molecule has 5 heteroatoms. The highest BCUT2D eigenvalue weighted by atomic mass is 32.1. The van der Waals surface area contributed by atoms with Crippen molar-refractivity contribution in [3.63, 3.8) is 0 Å². The lowest BCUT2D eigenvalue weighted by Gasteiger charge is -2.31. The van der Waals surface area contributed by atoms with E-state index in [2.05, 4.69) is 34.1 Å². The Morgan fingerprint density at radius 1 is 1.04 bits per heavy atom. The summed E-state index contributed by atoms with van der Waals surface area (Å²) in [6.07, 6.45) is 4.50. The molecule has 0 N–H and O–H groups in total. The first kappa shape index (κ1) is 18.9.